The van der Waals surface area contributed by atoms with Crippen molar-refractivity contribution in [1.29, 1.82) is 0 Å². The zero-order valence-electron chi connectivity index (χ0n) is 7.29. The first kappa shape index (κ1) is 8.71. The molecule has 0 aliphatic rings. The fraction of sp³-hybridized carbons (Fsp3) is 0.333. The van der Waals surface area contributed by atoms with Crippen LogP contribution in [0.1, 0.15) is 11.1 Å². The summed E-state index contributed by atoms with van der Waals surface area (Å²) in [5, 5.41) is 2.95. The quantitative estimate of drug-likeness (QED) is 0.682. The van der Waals surface area contributed by atoms with Crippen LogP contribution in [0, 0.1) is 6.92 Å². The van der Waals surface area contributed by atoms with E-state index in [1.54, 1.807) is 13.2 Å². The molecule has 0 spiro atoms. The number of aryl methyl sites for hydroxylation is 1. The molecule has 12 heavy (non-hydrogen) atoms. The molecule has 0 aliphatic carbocycles. The smallest absolute Gasteiger partial charge is 0.129 e. The van der Waals surface area contributed by atoms with Crippen molar-refractivity contribution in [3.63, 3.8) is 0 Å². The molecule has 0 fully saturated rings. The molecule has 3 heteroatoms. The first-order chi connectivity index (χ1) is 5.79. The largest absolute Gasteiger partial charge is 0.373 e. The van der Waals surface area contributed by atoms with Crippen molar-refractivity contribution in [3.8, 4) is 0 Å². The molecular weight excluding hydrogens is 152 g/mol. The van der Waals surface area contributed by atoms with Crippen LogP contribution >= 0.6 is 0 Å². The van der Waals surface area contributed by atoms with E-state index in [4.69, 9.17) is 0 Å². The SMILES string of the molecule is CNc1nccc(C)c1CC=O. The van der Waals surface area contributed by atoms with Gasteiger partial charge in [0.1, 0.15) is 12.1 Å². The summed E-state index contributed by atoms with van der Waals surface area (Å²) in [6.45, 7) is 1.97. The lowest BCUT2D eigenvalue weighted by molar-refractivity contribution is -0.107. The van der Waals surface area contributed by atoms with Crippen molar-refractivity contribution < 1.29 is 4.79 Å². The summed E-state index contributed by atoms with van der Waals surface area (Å²) >= 11 is 0. The second-order valence-electron chi connectivity index (χ2n) is 2.58. The number of nitrogens with zero attached hydrogens (tertiary/aromatic N) is 1. The predicted molar refractivity (Wildman–Crippen MR) is 48.3 cm³/mol. The van der Waals surface area contributed by atoms with E-state index >= 15 is 0 Å². The Hall–Kier alpha value is -1.38. The number of nitrogens with one attached hydrogen (secondary N) is 1. The molecule has 1 heterocycles. The lowest BCUT2D eigenvalue weighted by Crippen LogP contribution is -2.01. The van der Waals surface area contributed by atoms with E-state index in [1.165, 1.54) is 0 Å². The van der Waals surface area contributed by atoms with E-state index in [2.05, 4.69) is 10.3 Å². The van der Waals surface area contributed by atoms with E-state index in [1.807, 2.05) is 13.0 Å². The van der Waals surface area contributed by atoms with Crippen molar-refractivity contribution >= 4 is 12.1 Å². The third-order valence-corrected chi connectivity index (χ3v) is 1.81. The summed E-state index contributed by atoms with van der Waals surface area (Å²) in [5.74, 6) is 0.794. The lowest BCUT2D eigenvalue weighted by atomic mass is 10.1. The normalized spacial score (nSPS) is 9.50. The highest BCUT2D eigenvalue weighted by Crippen LogP contribution is 2.15. The number of aromatic nitrogens is 1. The van der Waals surface area contributed by atoms with E-state index < -0.39 is 0 Å². The Morgan fingerprint density at radius 1 is 1.67 bits per heavy atom. The molecule has 3 nitrogen and oxygen atoms in total. The number of aldehydes is 1. The van der Waals surface area contributed by atoms with Gasteiger partial charge in [-0.25, -0.2) is 4.98 Å². The Morgan fingerprint density at radius 2 is 2.42 bits per heavy atom. The molecular formula is C9H12N2O. The van der Waals surface area contributed by atoms with Crippen LogP contribution in [-0.4, -0.2) is 18.3 Å². The van der Waals surface area contributed by atoms with Crippen LogP contribution in [0.5, 0.6) is 0 Å². The topological polar surface area (TPSA) is 42.0 Å². The molecule has 0 saturated heterocycles. The van der Waals surface area contributed by atoms with Crippen molar-refractivity contribution in [2.24, 2.45) is 0 Å². The molecule has 0 atom stereocenters. The van der Waals surface area contributed by atoms with E-state index in [0.29, 0.717) is 6.42 Å². The molecule has 1 N–H and O–H groups in total. The van der Waals surface area contributed by atoms with Gasteiger partial charge in [-0.3, -0.25) is 0 Å². The number of rotatable bonds is 3. The second kappa shape index (κ2) is 3.85. The standard InChI is InChI=1S/C9H12N2O/c1-7-3-5-11-9(10-2)8(7)4-6-12/h3,5-6H,4H2,1-2H3,(H,10,11). The van der Waals surface area contributed by atoms with Crippen LogP contribution in [-0.2, 0) is 11.2 Å². The first-order valence-electron chi connectivity index (χ1n) is 3.85. The lowest BCUT2D eigenvalue weighted by Gasteiger charge is -2.07. The van der Waals surface area contributed by atoms with Crippen LogP contribution in [0.4, 0.5) is 5.82 Å². The Kier molecular flexibility index (Phi) is 2.80. The van der Waals surface area contributed by atoms with Crippen LogP contribution in [0.15, 0.2) is 12.3 Å². The van der Waals surface area contributed by atoms with Crippen molar-refractivity contribution in [2.75, 3.05) is 12.4 Å². The Labute approximate surface area is 71.8 Å². The highest BCUT2D eigenvalue weighted by molar-refractivity contribution is 5.62. The number of hydrogen-bond acceptors (Lipinski definition) is 3. The molecule has 0 saturated carbocycles. The number of carbonyl (C=O) groups excluding carboxylic acids is 1. The Balaban J connectivity index is 3.10. The van der Waals surface area contributed by atoms with Crippen LogP contribution in [0.3, 0.4) is 0 Å². The summed E-state index contributed by atoms with van der Waals surface area (Å²) in [5.41, 5.74) is 2.08. The molecule has 1 aromatic rings. The molecule has 0 bridgehead atoms. The number of hydrogen-bond donors (Lipinski definition) is 1. The molecule has 0 radical (unpaired) electrons. The Bertz CT molecular complexity index is 284. The molecule has 0 aromatic carbocycles. The second-order valence-corrected chi connectivity index (χ2v) is 2.58. The average molecular weight is 164 g/mol. The van der Waals surface area contributed by atoms with E-state index in [9.17, 15) is 4.79 Å². The highest BCUT2D eigenvalue weighted by atomic mass is 16.1. The van der Waals surface area contributed by atoms with Crippen molar-refractivity contribution in [3.05, 3.63) is 23.4 Å². The van der Waals surface area contributed by atoms with Crippen LogP contribution in [0.2, 0.25) is 0 Å². The van der Waals surface area contributed by atoms with Crippen LogP contribution < -0.4 is 5.32 Å². The summed E-state index contributed by atoms with van der Waals surface area (Å²) in [6, 6.07) is 1.90. The predicted octanol–water partition coefficient (Wildman–Crippen LogP) is 1.17. The van der Waals surface area contributed by atoms with Gasteiger partial charge in [-0.2, -0.15) is 0 Å². The third kappa shape index (κ3) is 1.61. The van der Waals surface area contributed by atoms with Gasteiger partial charge in [0, 0.05) is 25.2 Å². The van der Waals surface area contributed by atoms with Gasteiger partial charge in [0.15, 0.2) is 0 Å². The molecule has 1 aromatic heterocycles. The van der Waals surface area contributed by atoms with Gasteiger partial charge in [0.05, 0.1) is 0 Å². The van der Waals surface area contributed by atoms with Crippen molar-refractivity contribution in [1.82, 2.24) is 4.98 Å². The van der Waals surface area contributed by atoms with Gasteiger partial charge in [0.2, 0.25) is 0 Å². The van der Waals surface area contributed by atoms with E-state index in [-0.39, 0.29) is 0 Å². The minimum absolute atomic E-state index is 0.426. The third-order valence-electron chi connectivity index (χ3n) is 1.81. The van der Waals surface area contributed by atoms with Crippen molar-refractivity contribution in [2.45, 2.75) is 13.3 Å². The maximum atomic E-state index is 10.3. The molecule has 64 valence electrons. The highest BCUT2D eigenvalue weighted by Gasteiger charge is 2.03. The summed E-state index contributed by atoms with van der Waals surface area (Å²) in [6.07, 6.45) is 3.05. The van der Waals surface area contributed by atoms with Gasteiger partial charge < -0.3 is 10.1 Å². The molecule has 1 rings (SSSR count). The summed E-state index contributed by atoms with van der Waals surface area (Å²) < 4.78 is 0. The number of pyridine rings is 1. The zero-order chi connectivity index (χ0) is 8.97. The van der Waals surface area contributed by atoms with E-state index in [0.717, 1.165) is 23.2 Å². The number of anilines is 1. The molecule has 0 unspecified atom stereocenters. The average Bonchev–Trinajstić information content (AvgIpc) is 2.09. The van der Waals surface area contributed by atoms with Gasteiger partial charge in [-0.05, 0) is 18.6 Å². The molecule has 0 amide bonds. The Morgan fingerprint density at radius 3 is 3.00 bits per heavy atom. The minimum atomic E-state index is 0.426. The van der Waals surface area contributed by atoms with Gasteiger partial charge >= 0.3 is 0 Å². The fourth-order valence-corrected chi connectivity index (χ4v) is 1.15. The first-order valence-corrected chi connectivity index (χ1v) is 3.85. The maximum Gasteiger partial charge on any atom is 0.129 e. The monoisotopic (exact) mass is 164 g/mol. The van der Waals surface area contributed by atoms with Gasteiger partial charge in [-0.1, -0.05) is 0 Å². The molecule has 0 aliphatic heterocycles. The van der Waals surface area contributed by atoms with Crippen LogP contribution in [0.25, 0.3) is 0 Å². The minimum Gasteiger partial charge on any atom is -0.373 e. The zero-order valence-corrected chi connectivity index (χ0v) is 7.29. The fourth-order valence-electron chi connectivity index (χ4n) is 1.15. The summed E-state index contributed by atoms with van der Waals surface area (Å²) in [7, 11) is 1.80. The van der Waals surface area contributed by atoms with Gasteiger partial charge in [0.25, 0.3) is 0 Å². The maximum absolute atomic E-state index is 10.3. The number of carbonyl (C=O) groups is 1. The summed E-state index contributed by atoms with van der Waals surface area (Å²) in [4.78, 5) is 14.4. The van der Waals surface area contributed by atoms with Gasteiger partial charge in [-0.15, -0.1) is 0 Å².